The van der Waals surface area contributed by atoms with Crippen LogP contribution < -0.4 is 0 Å². The molecular weight excluding hydrogens is 342 g/mol. The average Bonchev–Trinajstić information content (AvgIpc) is 2.37. The highest BCUT2D eigenvalue weighted by molar-refractivity contribution is 9.10. The van der Waals surface area contributed by atoms with Gasteiger partial charge in [0.15, 0.2) is 0 Å². The number of aliphatic hydroxyl groups excluding tert-OH is 1. The number of rotatable bonds is 6. The Hall–Kier alpha value is -0.430. The summed E-state index contributed by atoms with van der Waals surface area (Å²) >= 11 is 3.28. The first-order valence-corrected chi connectivity index (χ1v) is 8.80. The molecule has 1 rings (SSSR count). The van der Waals surface area contributed by atoms with Gasteiger partial charge in [-0.15, -0.1) is 0 Å². The van der Waals surface area contributed by atoms with Crippen molar-refractivity contribution in [3.63, 3.8) is 0 Å². The van der Waals surface area contributed by atoms with Crippen LogP contribution in [0.1, 0.15) is 32.8 Å². The summed E-state index contributed by atoms with van der Waals surface area (Å²) in [6.07, 6.45) is 0.799. The fraction of sp³-hybridized carbons (Fsp3) is 0.571. The topological polar surface area (TPSA) is 57.6 Å². The van der Waals surface area contributed by atoms with Gasteiger partial charge in [-0.25, -0.2) is 8.42 Å². The number of hydrogen-bond donors (Lipinski definition) is 1. The molecule has 20 heavy (non-hydrogen) atoms. The highest BCUT2D eigenvalue weighted by atomic mass is 79.9. The summed E-state index contributed by atoms with van der Waals surface area (Å²) in [5.74, 6) is 0.426. The third-order valence-electron chi connectivity index (χ3n) is 3.27. The highest BCUT2D eigenvalue weighted by Gasteiger charge is 2.27. The molecular formula is C14H22BrNO3S. The molecule has 0 spiro atoms. The Labute approximate surface area is 130 Å². The van der Waals surface area contributed by atoms with E-state index in [1.807, 2.05) is 6.92 Å². The molecule has 0 aliphatic rings. The van der Waals surface area contributed by atoms with Crippen LogP contribution in [0.3, 0.4) is 0 Å². The van der Waals surface area contributed by atoms with Gasteiger partial charge >= 0.3 is 0 Å². The minimum absolute atomic E-state index is 0.0790. The van der Waals surface area contributed by atoms with Crippen LogP contribution in [-0.4, -0.2) is 30.9 Å². The van der Waals surface area contributed by atoms with E-state index >= 15 is 0 Å². The number of nitrogens with zero attached hydrogens (tertiary/aromatic N) is 1. The Morgan fingerprint density at radius 1 is 1.30 bits per heavy atom. The predicted molar refractivity (Wildman–Crippen MR) is 83.9 cm³/mol. The molecule has 0 fully saturated rings. The van der Waals surface area contributed by atoms with Gasteiger partial charge in [-0.05, 0) is 52.9 Å². The number of halogens is 1. The molecule has 6 heteroatoms. The fourth-order valence-corrected chi connectivity index (χ4v) is 4.41. The van der Waals surface area contributed by atoms with Crippen molar-refractivity contribution in [2.45, 2.75) is 44.7 Å². The van der Waals surface area contributed by atoms with E-state index in [4.69, 9.17) is 5.11 Å². The Morgan fingerprint density at radius 3 is 2.40 bits per heavy atom. The Morgan fingerprint density at radius 2 is 1.90 bits per heavy atom. The van der Waals surface area contributed by atoms with Gasteiger partial charge in [0.05, 0.1) is 11.5 Å². The van der Waals surface area contributed by atoms with Crippen LogP contribution in [0.4, 0.5) is 0 Å². The van der Waals surface area contributed by atoms with E-state index in [-0.39, 0.29) is 17.5 Å². The molecule has 1 atom stereocenters. The van der Waals surface area contributed by atoms with Crippen LogP contribution in [0.25, 0.3) is 0 Å². The van der Waals surface area contributed by atoms with Crippen LogP contribution in [0.5, 0.6) is 0 Å². The third-order valence-corrected chi connectivity index (χ3v) is 6.23. The molecule has 0 saturated carbocycles. The molecule has 1 aromatic carbocycles. The first kappa shape index (κ1) is 17.6. The molecule has 0 radical (unpaired) electrons. The van der Waals surface area contributed by atoms with Crippen molar-refractivity contribution < 1.29 is 13.5 Å². The van der Waals surface area contributed by atoms with Crippen molar-refractivity contribution in [1.29, 1.82) is 0 Å². The number of aliphatic hydroxyl groups is 1. The summed E-state index contributed by atoms with van der Waals surface area (Å²) in [6, 6.07) is 4.78. The maximum absolute atomic E-state index is 12.7. The van der Waals surface area contributed by atoms with Crippen molar-refractivity contribution >= 4 is 26.0 Å². The summed E-state index contributed by atoms with van der Waals surface area (Å²) in [7, 11) is -1.97. The normalized spacial score (nSPS) is 14.0. The van der Waals surface area contributed by atoms with Crippen LogP contribution in [0.2, 0.25) is 0 Å². The second kappa shape index (κ2) is 7.02. The van der Waals surface area contributed by atoms with E-state index in [0.29, 0.717) is 16.0 Å². The molecule has 1 N–H and O–H groups in total. The maximum Gasteiger partial charge on any atom is 0.244 e. The van der Waals surface area contributed by atoms with Crippen molar-refractivity contribution in [1.82, 2.24) is 4.31 Å². The Balaban J connectivity index is 3.16. The summed E-state index contributed by atoms with van der Waals surface area (Å²) < 4.78 is 27.2. The minimum atomic E-state index is -3.57. The van der Waals surface area contributed by atoms with Gasteiger partial charge in [0, 0.05) is 17.6 Å². The van der Waals surface area contributed by atoms with Crippen LogP contribution in [0.15, 0.2) is 27.6 Å². The van der Waals surface area contributed by atoms with Gasteiger partial charge in [-0.3, -0.25) is 0 Å². The number of sulfonamides is 1. The largest absolute Gasteiger partial charge is 0.392 e. The van der Waals surface area contributed by atoms with Gasteiger partial charge in [0.2, 0.25) is 10.0 Å². The second-order valence-electron chi connectivity index (χ2n) is 5.42. The molecule has 1 aromatic rings. The van der Waals surface area contributed by atoms with Gasteiger partial charge in [-0.1, -0.05) is 19.9 Å². The zero-order valence-corrected chi connectivity index (χ0v) is 14.7. The van der Waals surface area contributed by atoms with E-state index in [0.717, 1.165) is 6.42 Å². The van der Waals surface area contributed by atoms with E-state index in [1.54, 1.807) is 19.2 Å². The van der Waals surface area contributed by atoms with Crippen molar-refractivity contribution in [3.05, 3.63) is 28.2 Å². The number of hydrogen-bond acceptors (Lipinski definition) is 3. The second-order valence-corrected chi connectivity index (χ2v) is 8.24. The summed E-state index contributed by atoms with van der Waals surface area (Å²) in [6.45, 7) is 5.86. The van der Waals surface area contributed by atoms with Crippen molar-refractivity contribution in [2.75, 3.05) is 7.05 Å². The van der Waals surface area contributed by atoms with Gasteiger partial charge < -0.3 is 5.11 Å². The quantitative estimate of drug-likeness (QED) is 0.844. The lowest BCUT2D eigenvalue weighted by molar-refractivity contribution is 0.281. The molecule has 114 valence electrons. The molecule has 0 saturated heterocycles. The average molecular weight is 364 g/mol. The molecule has 0 aliphatic heterocycles. The van der Waals surface area contributed by atoms with E-state index in [2.05, 4.69) is 29.8 Å². The molecule has 4 nitrogen and oxygen atoms in total. The van der Waals surface area contributed by atoms with Gasteiger partial charge in [0.25, 0.3) is 0 Å². The van der Waals surface area contributed by atoms with Crippen LogP contribution in [-0.2, 0) is 16.6 Å². The zero-order valence-electron chi connectivity index (χ0n) is 12.3. The predicted octanol–water partition coefficient (Wildman–Crippen LogP) is 3.00. The molecule has 0 heterocycles. The van der Waals surface area contributed by atoms with E-state index in [1.165, 1.54) is 10.4 Å². The zero-order chi connectivity index (χ0) is 15.5. The number of benzene rings is 1. The SMILES string of the molecule is CC(C)CC(C)N(C)S(=O)(=O)c1cc(CO)ccc1Br. The Kier molecular flexibility index (Phi) is 6.19. The Bertz CT molecular complexity index is 558. The monoisotopic (exact) mass is 363 g/mol. The summed E-state index contributed by atoms with van der Waals surface area (Å²) in [5, 5.41) is 9.16. The lowest BCUT2D eigenvalue weighted by Gasteiger charge is -2.26. The smallest absolute Gasteiger partial charge is 0.244 e. The fourth-order valence-electron chi connectivity index (χ4n) is 2.07. The molecule has 1 unspecified atom stereocenters. The van der Waals surface area contributed by atoms with Gasteiger partial charge in [-0.2, -0.15) is 4.31 Å². The van der Waals surface area contributed by atoms with E-state index < -0.39 is 10.0 Å². The van der Waals surface area contributed by atoms with Crippen LogP contribution in [0, 0.1) is 5.92 Å². The van der Waals surface area contributed by atoms with E-state index in [9.17, 15) is 8.42 Å². The molecule has 0 amide bonds. The molecule has 0 aromatic heterocycles. The van der Waals surface area contributed by atoms with Gasteiger partial charge in [0.1, 0.15) is 0 Å². The third kappa shape index (κ3) is 4.04. The highest BCUT2D eigenvalue weighted by Crippen LogP contribution is 2.27. The summed E-state index contributed by atoms with van der Waals surface area (Å²) in [4.78, 5) is 0.196. The van der Waals surface area contributed by atoms with Crippen LogP contribution >= 0.6 is 15.9 Å². The summed E-state index contributed by atoms with van der Waals surface area (Å²) in [5.41, 5.74) is 0.580. The molecule has 0 bridgehead atoms. The molecule has 0 aliphatic carbocycles. The lowest BCUT2D eigenvalue weighted by Crippen LogP contribution is -2.36. The maximum atomic E-state index is 12.7. The lowest BCUT2D eigenvalue weighted by atomic mass is 10.1. The minimum Gasteiger partial charge on any atom is -0.392 e. The standard InChI is InChI=1S/C14H22BrNO3S/c1-10(2)7-11(3)16(4)20(18,19)14-8-12(9-17)5-6-13(14)15/h5-6,8,10-11,17H,7,9H2,1-4H3. The van der Waals surface area contributed by atoms with Crippen molar-refractivity contribution in [2.24, 2.45) is 5.92 Å². The van der Waals surface area contributed by atoms with Crippen molar-refractivity contribution in [3.8, 4) is 0 Å². The first-order valence-electron chi connectivity index (χ1n) is 6.57. The first-order chi connectivity index (χ1) is 9.20.